The van der Waals surface area contributed by atoms with Crippen LogP contribution in [0.5, 0.6) is 0 Å². The number of methoxy groups -OCH3 is 1. The predicted octanol–water partition coefficient (Wildman–Crippen LogP) is 4.64. The molecule has 6 heteroatoms. The van der Waals surface area contributed by atoms with E-state index in [0.29, 0.717) is 16.1 Å². The number of aryl methyl sites for hydroxylation is 3. The molecular weight excluding hydrogens is 350 g/mol. The van der Waals surface area contributed by atoms with Crippen LogP contribution in [0.2, 0.25) is 0 Å². The minimum Gasteiger partial charge on any atom is -0.465 e. The Labute approximate surface area is 155 Å². The SMILES string of the molecule is COC(=O)c1c(NC(=O)c2oc3ccc(C)cc3c2C)sc2c1CCC2. The van der Waals surface area contributed by atoms with Gasteiger partial charge in [-0.2, -0.15) is 0 Å². The van der Waals surface area contributed by atoms with Crippen molar-refractivity contribution in [3.8, 4) is 0 Å². The van der Waals surface area contributed by atoms with E-state index in [9.17, 15) is 9.59 Å². The number of amides is 1. The number of nitrogens with one attached hydrogen (secondary N) is 1. The first-order valence-corrected chi connectivity index (χ1v) is 9.35. The molecule has 1 aliphatic carbocycles. The van der Waals surface area contributed by atoms with E-state index in [1.54, 1.807) is 0 Å². The second-order valence-corrected chi connectivity index (χ2v) is 7.67. The fourth-order valence-corrected chi connectivity index (χ4v) is 4.79. The molecule has 4 rings (SSSR count). The van der Waals surface area contributed by atoms with Gasteiger partial charge in [-0.25, -0.2) is 4.79 Å². The maximum atomic E-state index is 12.8. The molecule has 0 saturated heterocycles. The molecule has 0 aliphatic heterocycles. The summed E-state index contributed by atoms with van der Waals surface area (Å²) in [4.78, 5) is 26.2. The zero-order valence-electron chi connectivity index (χ0n) is 14.9. The summed E-state index contributed by atoms with van der Waals surface area (Å²) in [7, 11) is 1.36. The van der Waals surface area contributed by atoms with Crippen molar-refractivity contribution in [2.75, 3.05) is 12.4 Å². The largest absolute Gasteiger partial charge is 0.465 e. The van der Waals surface area contributed by atoms with Gasteiger partial charge in [0.2, 0.25) is 0 Å². The quantitative estimate of drug-likeness (QED) is 0.683. The molecule has 26 heavy (non-hydrogen) atoms. The molecule has 134 valence electrons. The Morgan fingerprint density at radius 3 is 2.81 bits per heavy atom. The first kappa shape index (κ1) is 16.8. The van der Waals surface area contributed by atoms with Gasteiger partial charge in [-0.15, -0.1) is 11.3 Å². The molecule has 2 heterocycles. The van der Waals surface area contributed by atoms with Gasteiger partial charge in [0.05, 0.1) is 12.7 Å². The zero-order valence-corrected chi connectivity index (χ0v) is 15.7. The molecule has 0 bridgehead atoms. The highest BCUT2D eigenvalue weighted by Crippen LogP contribution is 2.40. The number of benzene rings is 1. The van der Waals surface area contributed by atoms with Crippen molar-refractivity contribution in [1.82, 2.24) is 0 Å². The molecule has 5 nitrogen and oxygen atoms in total. The Morgan fingerprint density at radius 1 is 1.23 bits per heavy atom. The number of hydrogen-bond acceptors (Lipinski definition) is 5. The highest BCUT2D eigenvalue weighted by Gasteiger charge is 2.29. The Morgan fingerprint density at radius 2 is 2.04 bits per heavy atom. The van der Waals surface area contributed by atoms with Crippen molar-refractivity contribution in [2.24, 2.45) is 0 Å². The van der Waals surface area contributed by atoms with Crippen LogP contribution in [-0.2, 0) is 17.6 Å². The molecule has 0 radical (unpaired) electrons. The Hall–Kier alpha value is -2.60. The summed E-state index contributed by atoms with van der Waals surface area (Å²) in [6.45, 7) is 3.87. The third kappa shape index (κ3) is 2.61. The van der Waals surface area contributed by atoms with Crippen LogP contribution in [0.4, 0.5) is 5.00 Å². The molecule has 0 fully saturated rings. The number of esters is 1. The second kappa shape index (κ2) is 6.29. The van der Waals surface area contributed by atoms with E-state index in [1.165, 1.54) is 18.4 Å². The van der Waals surface area contributed by atoms with Crippen molar-refractivity contribution >= 4 is 39.2 Å². The number of fused-ring (bicyclic) bond motifs is 2. The number of carbonyl (C=O) groups is 2. The maximum absolute atomic E-state index is 12.8. The smallest absolute Gasteiger partial charge is 0.341 e. The Kier molecular flexibility index (Phi) is 4.07. The van der Waals surface area contributed by atoms with E-state index in [4.69, 9.17) is 9.15 Å². The van der Waals surface area contributed by atoms with Gasteiger partial charge in [0.25, 0.3) is 5.91 Å². The fourth-order valence-electron chi connectivity index (χ4n) is 3.52. The zero-order chi connectivity index (χ0) is 18.4. The van der Waals surface area contributed by atoms with Crippen LogP contribution in [0.25, 0.3) is 11.0 Å². The third-order valence-corrected chi connectivity index (χ3v) is 6.04. The van der Waals surface area contributed by atoms with Crippen LogP contribution in [0, 0.1) is 13.8 Å². The van der Waals surface area contributed by atoms with Gasteiger partial charge in [-0.05, 0) is 50.8 Å². The number of carbonyl (C=O) groups excluding carboxylic acids is 2. The van der Waals surface area contributed by atoms with E-state index in [-0.39, 0.29) is 11.7 Å². The molecule has 1 N–H and O–H groups in total. The van der Waals surface area contributed by atoms with Crippen LogP contribution >= 0.6 is 11.3 Å². The predicted molar refractivity (Wildman–Crippen MR) is 101 cm³/mol. The maximum Gasteiger partial charge on any atom is 0.341 e. The van der Waals surface area contributed by atoms with E-state index in [2.05, 4.69) is 5.32 Å². The number of ether oxygens (including phenoxy) is 1. The molecule has 0 spiro atoms. The number of anilines is 1. The van der Waals surface area contributed by atoms with Crippen molar-refractivity contribution in [3.63, 3.8) is 0 Å². The summed E-state index contributed by atoms with van der Waals surface area (Å²) >= 11 is 1.46. The second-order valence-electron chi connectivity index (χ2n) is 6.56. The van der Waals surface area contributed by atoms with E-state index >= 15 is 0 Å². The van der Waals surface area contributed by atoms with Crippen molar-refractivity contribution in [3.05, 3.63) is 51.1 Å². The Bertz CT molecular complexity index is 1040. The van der Waals surface area contributed by atoms with Gasteiger partial charge >= 0.3 is 5.97 Å². The number of furan rings is 1. The van der Waals surface area contributed by atoms with Gasteiger partial charge < -0.3 is 14.5 Å². The van der Waals surface area contributed by atoms with Crippen LogP contribution < -0.4 is 5.32 Å². The minimum absolute atomic E-state index is 0.273. The molecule has 0 saturated carbocycles. The monoisotopic (exact) mass is 369 g/mol. The normalized spacial score (nSPS) is 13.0. The summed E-state index contributed by atoms with van der Waals surface area (Å²) in [5.41, 5.74) is 4.08. The standard InChI is InChI=1S/C20H19NO4S/c1-10-7-8-14-13(9-10)11(2)17(25-14)18(22)21-19-16(20(23)24-3)12-5-4-6-15(12)26-19/h7-9H,4-6H2,1-3H3,(H,21,22). The summed E-state index contributed by atoms with van der Waals surface area (Å²) in [6, 6.07) is 5.82. The lowest BCUT2D eigenvalue weighted by atomic mass is 10.1. The minimum atomic E-state index is -0.406. The van der Waals surface area contributed by atoms with E-state index < -0.39 is 5.97 Å². The topological polar surface area (TPSA) is 68.5 Å². The van der Waals surface area contributed by atoms with Crippen LogP contribution in [0.15, 0.2) is 22.6 Å². The number of rotatable bonds is 3. The highest BCUT2D eigenvalue weighted by molar-refractivity contribution is 7.17. The number of hydrogen-bond donors (Lipinski definition) is 1. The van der Waals surface area contributed by atoms with E-state index in [0.717, 1.165) is 46.2 Å². The first-order chi connectivity index (χ1) is 12.5. The Balaban J connectivity index is 1.71. The average molecular weight is 369 g/mol. The average Bonchev–Trinajstić information content (AvgIpc) is 3.28. The summed E-state index contributed by atoms with van der Waals surface area (Å²) in [6.07, 6.45) is 2.80. The summed E-state index contributed by atoms with van der Waals surface area (Å²) in [5, 5.41) is 4.34. The lowest BCUT2D eigenvalue weighted by molar-refractivity contribution is 0.0601. The van der Waals surface area contributed by atoms with Gasteiger partial charge in [0, 0.05) is 15.8 Å². The fraction of sp³-hybridized carbons (Fsp3) is 0.300. The van der Waals surface area contributed by atoms with Gasteiger partial charge in [-0.3, -0.25) is 4.79 Å². The van der Waals surface area contributed by atoms with Gasteiger partial charge in [0.15, 0.2) is 5.76 Å². The first-order valence-electron chi connectivity index (χ1n) is 8.53. The van der Waals surface area contributed by atoms with E-state index in [1.807, 2.05) is 32.0 Å². The lowest BCUT2D eigenvalue weighted by Gasteiger charge is -2.06. The number of thiophene rings is 1. The molecule has 0 unspecified atom stereocenters. The van der Waals surface area contributed by atoms with Crippen LogP contribution in [-0.4, -0.2) is 19.0 Å². The van der Waals surface area contributed by atoms with Crippen molar-refractivity contribution in [2.45, 2.75) is 33.1 Å². The molecule has 1 aliphatic rings. The van der Waals surface area contributed by atoms with Crippen molar-refractivity contribution < 1.29 is 18.7 Å². The van der Waals surface area contributed by atoms with Gasteiger partial charge in [0.1, 0.15) is 10.6 Å². The van der Waals surface area contributed by atoms with Crippen molar-refractivity contribution in [1.29, 1.82) is 0 Å². The van der Waals surface area contributed by atoms with Crippen LogP contribution in [0.3, 0.4) is 0 Å². The molecule has 1 aromatic carbocycles. The van der Waals surface area contributed by atoms with Gasteiger partial charge in [-0.1, -0.05) is 11.6 Å². The molecule has 2 aromatic heterocycles. The lowest BCUT2D eigenvalue weighted by Crippen LogP contribution is -2.14. The summed E-state index contributed by atoms with van der Waals surface area (Å²) < 4.78 is 10.7. The molecule has 1 amide bonds. The third-order valence-electron chi connectivity index (χ3n) is 4.84. The highest BCUT2D eigenvalue weighted by atomic mass is 32.1. The molecular formula is C20H19NO4S. The van der Waals surface area contributed by atoms with Crippen LogP contribution in [0.1, 0.15) is 48.9 Å². The summed E-state index contributed by atoms with van der Waals surface area (Å²) in [5.74, 6) is -0.479. The molecule has 0 atom stereocenters. The molecule has 3 aromatic rings.